The van der Waals surface area contributed by atoms with E-state index in [1.807, 2.05) is 0 Å². The van der Waals surface area contributed by atoms with Crippen LogP contribution in [0.2, 0.25) is 0 Å². The number of aromatic amines is 1. The molecule has 0 radical (unpaired) electrons. The molecule has 0 aliphatic carbocycles. The van der Waals surface area contributed by atoms with Gasteiger partial charge in [0, 0.05) is 18.8 Å². The van der Waals surface area contributed by atoms with E-state index < -0.39 is 52.2 Å². The fourth-order valence-corrected chi connectivity index (χ4v) is 2.89. The summed E-state index contributed by atoms with van der Waals surface area (Å²) in [5.41, 5.74) is -0.814. The molecular weight excluding hydrogens is 383 g/mol. The third-order valence-electron chi connectivity index (χ3n) is 4.56. The average molecular weight is 396 g/mol. The number of halogens is 5. The summed E-state index contributed by atoms with van der Waals surface area (Å²) in [5, 5.41) is -0.0470. The van der Waals surface area contributed by atoms with Gasteiger partial charge in [0.1, 0.15) is 0 Å². The van der Waals surface area contributed by atoms with Crippen molar-refractivity contribution < 1.29 is 26.7 Å². The molecule has 0 bridgehead atoms. The van der Waals surface area contributed by atoms with Crippen molar-refractivity contribution >= 4 is 16.7 Å². The second-order valence-corrected chi connectivity index (χ2v) is 6.23. The third kappa shape index (κ3) is 3.23. The summed E-state index contributed by atoms with van der Waals surface area (Å²) >= 11 is 0. The maximum atomic E-state index is 13.7. The van der Waals surface area contributed by atoms with Crippen LogP contribution in [0.3, 0.4) is 0 Å². The lowest BCUT2D eigenvalue weighted by atomic mass is 10.0. The van der Waals surface area contributed by atoms with E-state index in [-0.39, 0.29) is 16.3 Å². The summed E-state index contributed by atoms with van der Waals surface area (Å²) in [5.74, 6) is -7.95. The minimum Gasteiger partial charge on any atom is -0.335 e. The van der Waals surface area contributed by atoms with E-state index in [0.29, 0.717) is 12.1 Å². The number of rotatable bonds is 3. The highest BCUT2D eigenvalue weighted by atomic mass is 19.2. The second-order valence-electron chi connectivity index (χ2n) is 6.23. The number of benzene rings is 2. The van der Waals surface area contributed by atoms with Gasteiger partial charge in [-0.1, -0.05) is 0 Å². The van der Waals surface area contributed by atoms with Crippen molar-refractivity contribution in [2.45, 2.75) is 13.0 Å². The summed E-state index contributed by atoms with van der Waals surface area (Å²) < 4.78 is 67.1. The van der Waals surface area contributed by atoms with E-state index in [1.54, 1.807) is 0 Å². The molecular formula is C19H13F5N2O2. The van der Waals surface area contributed by atoms with E-state index in [1.165, 1.54) is 20.2 Å². The zero-order chi connectivity index (χ0) is 20.7. The molecule has 1 atom stereocenters. The van der Waals surface area contributed by atoms with Crippen LogP contribution in [0.15, 0.2) is 35.3 Å². The van der Waals surface area contributed by atoms with Crippen LogP contribution in [0.1, 0.15) is 28.9 Å². The van der Waals surface area contributed by atoms with Crippen molar-refractivity contribution in [1.82, 2.24) is 9.88 Å². The first-order valence-corrected chi connectivity index (χ1v) is 8.03. The van der Waals surface area contributed by atoms with Crippen molar-refractivity contribution in [1.29, 1.82) is 0 Å². The molecule has 3 rings (SSSR count). The molecule has 4 nitrogen and oxygen atoms in total. The van der Waals surface area contributed by atoms with Gasteiger partial charge in [-0.25, -0.2) is 22.0 Å². The average Bonchev–Trinajstić information content (AvgIpc) is 2.66. The van der Waals surface area contributed by atoms with E-state index in [2.05, 4.69) is 4.98 Å². The Kier molecular flexibility index (Phi) is 4.93. The Labute approximate surface area is 155 Å². The number of pyridine rings is 1. The van der Waals surface area contributed by atoms with Gasteiger partial charge in [0.15, 0.2) is 29.1 Å². The number of fused-ring (bicyclic) bond motifs is 1. The molecule has 1 heterocycles. The topological polar surface area (TPSA) is 53.2 Å². The molecule has 0 unspecified atom stereocenters. The molecule has 1 aromatic heterocycles. The van der Waals surface area contributed by atoms with Gasteiger partial charge in [-0.15, -0.1) is 0 Å². The molecule has 2 aromatic carbocycles. The number of H-pyrrole nitrogens is 1. The number of hydrogen-bond donors (Lipinski definition) is 1. The van der Waals surface area contributed by atoms with Crippen LogP contribution in [0.5, 0.6) is 0 Å². The Morgan fingerprint density at radius 2 is 1.46 bits per heavy atom. The van der Waals surface area contributed by atoms with E-state index in [9.17, 15) is 31.5 Å². The number of carbonyl (C=O) groups is 1. The molecule has 0 fully saturated rings. The summed E-state index contributed by atoms with van der Waals surface area (Å²) in [7, 11) is 1.31. The molecule has 146 valence electrons. The Hall–Kier alpha value is -3.23. The normalized spacial score (nSPS) is 12.2. The van der Waals surface area contributed by atoms with Crippen molar-refractivity contribution in [3.63, 3.8) is 0 Å². The van der Waals surface area contributed by atoms with E-state index in [0.717, 1.165) is 17.0 Å². The Morgan fingerprint density at radius 3 is 2.04 bits per heavy atom. The van der Waals surface area contributed by atoms with E-state index >= 15 is 0 Å². The number of carbonyl (C=O) groups excluding carboxylic acids is 1. The quantitative estimate of drug-likeness (QED) is 0.536. The maximum Gasteiger partial charge on any atom is 0.255 e. The van der Waals surface area contributed by atoms with Crippen molar-refractivity contribution in [2.75, 3.05) is 7.05 Å². The number of amides is 1. The highest BCUT2D eigenvalue weighted by molar-refractivity contribution is 5.95. The van der Waals surface area contributed by atoms with E-state index in [4.69, 9.17) is 0 Å². The fraction of sp³-hybridized carbons (Fsp3) is 0.158. The SMILES string of the molecule is C[C@H](c1c[nH]c(=O)c2cc(F)c(F)cc12)N(C)C(=O)c1cc(F)c(F)c(F)c1. The standard InChI is InChI=1S/C19H13F5N2O2/c1-8(26(2)19(28)9-3-15(22)17(24)16(23)4-9)12-7-25-18(27)11-6-14(21)13(20)5-10(11)12/h3-8H,1-2H3,(H,25,27)/t8-/m1/s1. The molecule has 0 saturated heterocycles. The van der Waals surface area contributed by atoms with Crippen LogP contribution >= 0.6 is 0 Å². The van der Waals surface area contributed by atoms with Crippen LogP contribution in [-0.2, 0) is 0 Å². The highest BCUT2D eigenvalue weighted by Gasteiger charge is 2.24. The number of aromatic nitrogens is 1. The first-order chi connectivity index (χ1) is 13.1. The molecule has 9 heteroatoms. The molecule has 1 amide bonds. The predicted molar refractivity (Wildman–Crippen MR) is 91.3 cm³/mol. The van der Waals surface area contributed by atoms with Gasteiger partial charge in [0.2, 0.25) is 0 Å². The number of nitrogens with one attached hydrogen (secondary N) is 1. The third-order valence-corrected chi connectivity index (χ3v) is 4.56. The van der Waals surface area contributed by atoms with Gasteiger partial charge in [0.25, 0.3) is 11.5 Å². The Bertz CT molecular complexity index is 1140. The molecule has 0 spiro atoms. The van der Waals surface area contributed by atoms with Gasteiger partial charge >= 0.3 is 0 Å². The summed E-state index contributed by atoms with van der Waals surface area (Å²) in [6.45, 7) is 1.52. The van der Waals surface area contributed by atoms with Crippen LogP contribution in [0.4, 0.5) is 22.0 Å². The number of hydrogen-bond acceptors (Lipinski definition) is 2. The van der Waals surface area contributed by atoms with Gasteiger partial charge in [-0.2, -0.15) is 0 Å². The van der Waals surface area contributed by atoms with Gasteiger partial charge in [-0.05, 0) is 42.1 Å². The maximum absolute atomic E-state index is 13.7. The monoisotopic (exact) mass is 396 g/mol. The van der Waals surface area contributed by atoms with Gasteiger partial charge < -0.3 is 9.88 Å². The molecule has 1 N–H and O–H groups in total. The van der Waals surface area contributed by atoms with Crippen LogP contribution in [0, 0.1) is 29.1 Å². The van der Waals surface area contributed by atoms with Gasteiger partial charge in [0.05, 0.1) is 11.4 Å². The first-order valence-electron chi connectivity index (χ1n) is 8.03. The van der Waals surface area contributed by atoms with Crippen LogP contribution in [0.25, 0.3) is 10.8 Å². The summed E-state index contributed by atoms with van der Waals surface area (Å²) in [4.78, 5) is 27.9. The lowest BCUT2D eigenvalue weighted by Crippen LogP contribution is -2.30. The summed E-state index contributed by atoms with van der Waals surface area (Å²) in [6, 6.07) is 1.88. The van der Waals surface area contributed by atoms with Gasteiger partial charge in [-0.3, -0.25) is 9.59 Å². The predicted octanol–water partition coefficient (Wildman–Crippen LogP) is 4.06. The second kappa shape index (κ2) is 7.06. The molecule has 28 heavy (non-hydrogen) atoms. The zero-order valence-electron chi connectivity index (χ0n) is 14.6. The minimum atomic E-state index is -1.70. The molecule has 0 aliphatic rings. The zero-order valence-corrected chi connectivity index (χ0v) is 14.6. The smallest absolute Gasteiger partial charge is 0.255 e. The van der Waals surface area contributed by atoms with Crippen LogP contribution < -0.4 is 5.56 Å². The largest absolute Gasteiger partial charge is 0.335 e. The minimum absolute atomic E-state index is 0.0752. The molecule has 0 aliphatic heterocycles. The van der Waals surface area contributed by atoms with Crippen LogP contribution in [-0.4, -0.2) is 22.8 Å². The van der Waals surface area contributed by atoms with Crippen molar-refractivity contribution in [2.24, 2.45) is 0 Å². The highest BCUT2D eigenvalue weighted by Crippen LogP contribution is 2.28. The molecule has 0 saturated carbocycles. The van der Waals surface area contributed by atoms with Crippen molar-refractivity contribution in [3.8, 4) is 0 Å². The lowest BCUT2D eigenvalue weighted by Gasteiger charge is -2.26. The Morgan fingerprint density at radius 1 is 0.929 bits per heavy atom. The van der Waals surface area contributed by atoms with Crippen molar-refractivity contribution in [3.05, 3.63) is 81.0 Å². The number of nitrogens with zero attached hydrogens (tertiary/aromatic N) is 1. The first kappa shape index (κ1) is 19.5. The Balaban J connectivity index is 2.05. The fourth-order valence-electron chi connectivity index (χ4n) is 2.89. The summed E-state index contributed by atoms with van der Waals surface area (Å²) in [6.07, 6.45) is 1.24. The molecule has 3 aromatic rings. The lowest BCUT2D eigenvalue weighted by molar-refractivity contribution is 0.0742.